The van der Waals surface area contributed by atoms with E-state index in [1.807, 2.05) is 30.3 Å². The number of benzene rings is 2. The van der Waals surface area contributed by atoms with Crippen LogP contribution in [0, 0.1) is 5.82 Å². The number of halogens is 1. The largest absolute Gasteiger partial charge is 0.368 e. The van der Waals surface area contributed by atoms with Crippen molar-refractivity contribution in [3.05, 3.63) is 89.2 Å². The summed E-state index contributed by atoms with van der Waals surface area (Å²) in [6.45, 7) is 7.00. The maximum absolute atomic E-state index is 13.2. The molecule has 8 heteroatoms. The van der Waals surface area contributed by atoms with Gasteiger partial charge < -0.3 is 9.80 Å². The highest BCUT2D eigenvalue weighted by molar-refractivity contribution is 5.93. The number of aromatic amines is 1. The number of H-pyrrole nitrogens is 1. The van der Waals surface area contributed by atoms with Crippen molar-refractivity contribution >= 4 is 34.7 Å². The summed E-state index contributed by atoms with van der Waals surface area (Å²) in [5.74, 6) is -0.232. The predicted molar refractivity (Wildman–Crippen MR) is 132 cm³/mol. The number of hydrogen-bond donors (Lipinski definition) is 1. The Morgan fingerprint density at radius 3 is 2.45 bits per heavy atom. The fraction of sp³-hybridized carbons (Fsp3) is 0.160. The first-order chi connectivity index (χ1) is 16.1. The van der Waals surface area contributed by atoms with Gasteiger partial charge in [0.05, 0.1) is 28.6 Å². The van der Waals surface area contributed by atoms with Crippen molar-refractivity contribution in [2.75, 3.05) is 31.1 Å². The zero-order valence-corrected chi connectivity index (χ0v) is 18.0. The lowest BCUT2D eigenvalue weighted by Crippen LogP contribution is -2.45. The number of nitrogens with one attached hydrogen (secondary N) is 1. The summed E-state index contributed by atoms with van der Waals surface area (Å²) in [7, 11) is 0. The van der Waals surface area contributed by atoms with Crippen molar-refractivity contribution in [1.29, 1.82) is 0 Å². The number of piperazine rings is 1. The zero-order valence-electron chi connectivity index (χ0n) is 18.0. The van der Waals surface area contributed by atoms with E-state index in [2.05, 4.69) is 26.5 Å². The molecule has 0 aliphatic carbocycles. The van der Waals surface area contributed by atoms with Crippen LogP contribution in [-0.2, 0) is 0 Å². The van der Waals surface area contributed by atoms with E-state index in [4.69, 9.17) is 4.99 Å². The highest BCUT2D eigenvalue weighted by atomic mass is 19.1. The number of fused-ring (bicyclic) bond motifs is 1. The smallest absolute Gasteiger partial charge is 0.280 e. The molecular formula is C25H25FN6O. The molecular weight excluding hydrogens is 419 g/mol. The Hall–Kier alpha value is -4.20. The third-order valence-corrected chi connectivity index (χ3v) is 5.80. The molecule has 0 atom stereocenters. The van der Waals surface area contributed by atoms with E-state index in [1.54, 1.807) is 30.7 Å². The van der Waals surface area contributed by atoms with Crippen LogP contribution in [0.3, 0.4) is 0 Å². The summed E-state index contributed by atoms with van der Waals surface area (Å²) in [6, 6.07) is 16.0. The van der Waals surface area contributed by atoms with Gasteiger partial charge in [-0.05, 0) is 42.5 Å². The molecule has 4 aromatic rings. The second-order valence-electron chi connectivity index (χ2n) is 7.82. The van der Waals surface area contributed by atoms with Gasteiger partial charge in [-0.25, -0.2) is 14.1 Å². The lowest BCUT2D eigenvalue weighted by Gasteiger charge is -2.35. The summed E-state index contributed by atoms with van der Waals surface area (Å²) < 4.78 is 14.7. The Kier molecular flexibility index (Phi) is 5.48. The molecule has 1 saturated heterocycles. The number of aromatic nitrogens is 3. The van der Waals surface area contributed by atoms with Gasteiger partial charge in [-0.1, -0.05) is 24.8 Å². The maximum Gasteiger partial charge on any atom is 0.280 e. The average Bonchev–Trinajstić information content (AvgIpc) is 3.20. The summed E-state index contributed by atoms with van der Waals surface area (Å²) in [4.78, 5) is 26.4. The first-order valence-corrected chi connectivity index (χ1v) is 10.7. The normalized spacial score (nSPS) is 14.3. The molecule has 7 nitrogen and oxygen atoms in total. The van der Waals surface area contributed by atoms with Crippen molar-refractivity contribution in [3.8, 4) is 5.69 Å². The van der Waals surface area contributed by atoms with Crippen LogP contribution in [0.15, 0.2) is 77.2 Å². The number of hydrogen-bond acceptors (Lipinski definition) is 4. The number of pyridine rings is 1. The van der Waals surface area contributed by atoms with E-state index in [0.717, 1.165) is 37.6 Å². The minimum atomic E-state index is -0.232. The summed E-state index contributed by atoms with van der Waals surface area (Å²) in [6.07, 6.45) is 4.99. The predicted octanol–water partition coefficient (Wildman–Crippen LogP) is 4.22. The molecule has 1 fully saturated rings. The average molecular weight is 445 g/mol. The van der Waals surface area contributed by atoms with Gasteiger partial charge in [-0.2, -0.15) is 0 Å². The molecule has 168 valence electrons. The fourth-order valence-electron chi connectivity index (χ4n) is 4.00. The monoisotopic (exact) mass is 444 g/mol. The van der Waals surface area contributed by atoms with Gasteiger partial charge in [0.15, 0.2) is 0 Å². The van der Waals surface area contributed by atoms with Crippen molar-refractivity contribution in [2.45, 2.75) is 0 Å². The molecule has 1 N–H and O–H groups in total. The van der Waals surface area contributed by atoms with E-state index in [-0.39, 0.29) is 12.8 Å². The van der Waals surface area contributed by atoms with Gasteiger partial charge in [0, 0.05) is 39.5 Å². The van der Waals surface area contributed by atoms with Crippen LogP contribution in [0.2, 0.25) is 0 Å². The lowest BCUT2D eigenvalue weighted by atomic mass is 10.2. The first-order valence-electron chi connectivity index (χ1n) is 10.7. The molecule has 2 aromatic carbocycles. The highest BCUT2D eigenvalue weighted by Crippen LogP contribution is 2.27. The third kappa shape index (κ3) is 4.03. The van der Waals surface area contributed by atoms with Crippen LogP contribution >= 0.6 is 0 Å². The van der Waals surface area contributed by atoms with Crippen LogP contribution in [-0.4, -0.2) is 52.2 Å². The number of anilines is 1. The minimum Gasteiger partial charge on any atom is -0.368 e. The molecule has 5 rings (SSSR count). The number of nitrogens with zero attached hydrogens (tertiary/aromatic N) is 5. The molecule has 3 heterocycles. The Labute approximate surface area is 191 Å². The molecule has 0 radical (unpaired) electrons. The summed E-state index contributed by atoms with van der Waals surface area (Å²) >= 11 is 0. The van der Waals surface area contributed by atoms with Gasteiger partial charge >= 0.3 is 0 Å². The molecule has 33 heavy (non-hydrogen) atoms. The molecule has 0 spiro atoms. The van der Waals surface area contributed by atoms with Crippen LogP contribution in [0.25, 0.3) is 22.7 Å². The fourth-order valence-corrected chi connectivity index (χ4v) is 4.00. The van der Waals surface area contributed by atoms with E-state index >= 15 is 0 Å². The molecule has 1 aliphatic rings. The van der Waals surface area contributed by atoms with Crippen molar-refractivity contribution in [1.82, 2.24) is 19.7 Å². The van der Waals surface area contributed by atoms with E-state index < -0.39 is 0 Å². The van der Waals surface area contributed by atoms with Crippen LogP contribution < -0.4 is 10.5 Å². The molecule has 0 bridgehead atoms. The quantitative estimate of drug-likeness (QED) is 0.370. The topological polar surface area (TPSA) is 69.5 Å². The van der Waals surface area contributed by atoms with Crippen LogP contribution in [0.1, 0.15) is 7.12 Å². The van der Waals surface area contributed by atoms with E-state index in [9.17, 15) is 9.18 Å². The zero-order chi connectivity index (χ0) is 22.8. The first kappa shape index (κ1) is 20.7. The van der Waals surface area contributed by atoms with Gasteiger partial charge in [0.1, 0.15) is 11.5 Å². The van der Waals surface area contributed by atoms with Gasteiger partial charge in [-0.15, -0.1) is 0 Å². The van der Waals surface area contributed by atoms with Gasteiger partial charge in [0.2, 0.25) is 0 Å². The maximum atomic E-state index is 13.2. The Morgan fingerprint density at radius 2 is 1.76 bits per heavy atom. The molecule has 0 amide bonds. The Balaban J connectivity index is 0.00000274. The second-order valence-corrected chi connectivity index (χ2v) is 7.82. The summed E-state index contributed by atoms with van der Waals surface area (Å²) in [5, 5.41) is 3.66. The number of aliphatic imine (C=N–C) groups is 1. The van der Waals surface area contributed by atoms with Crippen molar-refractivity contribution < 1.29 is 5.82 Å². The molecule has 0 unspecified atom stereocenters. The van der Waals surface area contributed by atoms with Gasteiger partial charge in [-0.3, -0.25) is 14.9 Å². The summed E-state index contributed by atoms with van der Waals surface area (Å²) in [5.41, 5.74) is 3.38. The second kappa shape index (κ2) is 8.74. The molecule has 0 saturated carbocycles. The molecule has 1 aliphatic heterocycles. The minimum absolute atomic E-state index is 0. The van der Waals surface area contributed by atoms with Crippen LogP contribution in [0.4, 0.5) is 15.8 Å². The van der Waals surface area contributed by atoms with Gasteiger partial charge in [0.25, 0.3) is 5.56 Å². The Bertz CT molecular complexity index is 1370. The highest BCUT2D eigenvalue weighted by Gasteiger charge is 2.17. The molecule has 2 aromatic heterocycles. The third-order valence-electron chi connectivity index (χ3n) is 5.80. The Morgan fingerprint density at radius 1 is 1.03 bits per heavy atom. The van der Waals surface area contributed by atoms with Crippen molar-refractivity contribution in [2.24, 2.45) is 4.99 Å². The van der Waals surface area contributed by atoms with E-state index in [0.29, 0.717) is 22.3 Å². The number of para-hydroxylation sites is 1. The van der Waals surface area contributed by atoms with Crippen LogP contribution in [0.5, 0.6) is 0 Å². The standard InChI is InChI=1S/C25H23FN6O.H2/c1-2-22-24(23-21(16-27-22)25(33)32(29-23)20-6-4-3-5-7-20)28-17-30-12-14-31(15-13-30)19-10-8-18(26)9-11-19;/h2-11,16-17,29H,1,12-15H2;1H. The number of rotatable bonds is 5. The SMILES string of the molecule is C=Cc1ncc2c(=O)n(-c3ccccc3)[nH]c2c1N=CN1CCN(c2ccc(F)cc2)CC1.[HH]. The van der Waals surface area contributed by atoms with Crippen molar-refractivity contribution in [3.63, 3.8) is 0 Å². The lowest BCUT2D eigenvalue weighted by molar-refractivity contribution is 0.396. The van der Waals surface area contributed by atoms with E-state index in [1.165, 1.54) is 16.8 Å².